The van der Waals surface area contributed by atoms with Crippen molar-refractivity contribution in [3.05, 3.63) is 0 Å². The second-order valence-electron chi connectivity index (χ2n) is 3.76. The molecule has 0 radical (unpaired) electrons. The van der Waals surface area contributed by atoms with Crippen molar-refractivity contribution < 1.29 is 4.84 Å². The Labute approximate surface area is 75.6 Å². The van der Waals surface area contributed by atoms with Gasteiger partial charge in [0.2, 0.25) is 0 Å². The summed E-state index contributed by atoms with van der Waals surface area (Å²) in [6, 6.07) is 0. The molecule has 2 nitrogen and oxygen atoms in total. The lowest BCUT2D eigenvalue weighted by Crippen LogP contribution is -2.22. The van der Waals surface area contributed by atoms with Gasteiger partial charge in [-0.05, 0) is 18.8 Å². The van der Waals surface area contributed by atoms with Crippen LogP contribution in [0.4, 0.5) is 0 Å². The van der Waals surface area contributed by atoms with E-state index in [9.17, 15) is 0 Å². The molecule has 2 heteroatoms. The molecule has 1 rings (SSSR count). The lowest BCUT2D eigenvalue weighted by molar-refractivity contribution is 0.0760. The van der Waals surface area contributed by atoms with Crippen LogP contribution < -0.4 is 5.48 Å². The maximum absolute atomic E-state index is 4.87. The molecular weight excluding hydrogens is 150 g/mol. The third-order valence-corrected chi connectivity index (χ3v) is 2.74. The number of hydroxylamine groups is 1. The zero-order valence-electron chi connectivity index (χ0n) is 8.14. The highest BCUT2D eigenvalue weighted by molar-refractivity contribution is 4.64. The van der Waals surface area contributed by atoms with E-state index in [0.29, 0.717) is 0 Å². The van der Waals surface area contributed by atoms with Crippen molar-refractivity contribution in [1.29, 1.82) is 0 Å². The molecule has 0 spiro atoms. The summed E-state index contributed by atoms with van der Waals surface area (Å²) in [5, 5.41) is 0. The minimum absolute atomic E-state index is 0.852. The van der Waals surface area contributed by atoms with Crippen LogP contribution in [0.1, 0.15) is 44.9 Å². The molecule has 0 heterocycles. The van der Waals surface area contributed by atoms with Gasteiger partial charge in [0, 0.05) is 6.54 Å². The van der Waals surface area contributed by atoms with Crippen molar-refractivity contribution in [3.8, 4) is 0 Å². The van der Waals surface area contributed by atoms with Gasteiger partial charge in [-0.25, -0.2) is 5.48 Å². The molecule has 1 fully saturated rings. The van der Waals surface area contributed by atoms with E-state index in [1.807, 2.05) is 0 Å². The molecule has 0 bridgehead atoms. The monoisotopic (exact) mass is 171 g/mol. The van der Waals surface area contributed by atoms with Gasteiger partial charge in [-0.1, -0.05) is 32.1 Å². The molecule has 0 unspecified atom stereocenters. The van der Waals surface area contributed by atoms with E-state index >= 15 is 0 Å². The summed E-state index contributed by atoms with van der Waals surface area (Å²) in [7, 11) is 1.70. The molecule has 0 aromatic rings. The number of rotatable bonds is 3. The van der Waals surface area contributed by atoms with Crippen LogP contribution in [0, 0.1) is 5.92 Å². The summed E-state index contributed by atoms with van der Waals surface area (Å²) >= 11 is 0. The first kappa shape index (κ1) is 10.0. The zero-order valence-corrected chi connectivity index (χ0v) is 8.14. The van der Waals surface area contributed by atoms with E-state index in [1.54, 1.807) is 7.11 Å². The van der Waals surface area contributed by atoms with E-state index in [1.165, 1.54) is 44.9 Å². The Bertz CT molecular complexity index is 95.3. The van der Waals surface area contributed by atoms with Crippen molar-refractivity contribution >= 4 is 0 Å². The molecular formula is C10H21NO. The summed E-state index contributed by atoms with van der Waals surface area (Å²) in [6.07, 6.45) is 9.91. The van der Waals surface area contributed by atoms with Gasteiger partial charge in [0.05, 0.1) is 7.11 Å². The van der Waals surface area contributed by atoms with Gasteiger partial charge in [-0.15, -0.1) is 0 Å². The minimum atomic E-state index is 0.852. The molecule has 1 saturated carbocycles. The normalized spacial score (nSPS) is 21.8. The molecule has 0 amide bonds. The maximum Gasteiger partial charge on any atom is 0.0572 e. The van der Waals surface area contributed by atoms with Gasteiger partial charge in [0.25, 0.3) is 0 Å². The molecule has 0 saturated heterocycles. The van der Waals surface area contributed by atoms with Gasteiger partial charge < -0.3 is 4.84 Å². The SMILES string of the molecule is CONCC1CCCCCCC1. The van der Waals surface area contributed by atoms with Crippen molar-refractivity contribution in [2.75, 3.05) is 13.7 Å². The number of nitrogens with one attached hydrogen (secondary N) is 1. The van der Waals surface area contributed by atoms with Gasteiger partial charge in [0.15, 0.2) is 0 Å². The highest BCUT2D eigenvalue weighted by Gasteiger charge is 2.10. The van der Waals surface area contributed by atoms with Crippen LogP contribution in [0.25, 0.3) is 0 Å². The minimum Gasteiger partial charge on any atom is -0.305 e. The molecule has 1 aliphatic rings. The van der Waals surface area contributed by atoms with Crippen LogP contribution in [-0.4, -0.2) is 13.7 Å². The van der Waals surface area contributed by atoms with Crippen LogP contribution in [0.2, 0.25) is 0 Å². The summed E-state index contributed by atoms with van der Waals surface area (Å²) in [5.74, 6) is 0.852. The quantitative estimate of drug-likeness (QED) is 0.659. The number of hydrogen-bond donors (Lipinski definition) is 1. The third-order valence-electron chi connectivity index (χ3n) is 2.74. The molecule has 1 aliphatic carbocycles. The second-order valence-corrected chi connectivity index (χ2v) is 3.76. The average Bonchev–Trinajstić information content (AvgIpc) is 2.02. The lowest BCUT2D eigenvalue weighted by Gasteiger charge is -2.19. The lowest BCUT2D eigenvalue weighted by atomic mass is 9.91. The van der Waals surface area contributed by atoms with E-state index < -0.39 is 0 Å². The highest BCUT2D eigenvalue weighted by Crippen LogP contribution is 2.21. The largest absolute Gasteiger partial charge is 0.305 e. The topological polar surface area (TPSA) is 21.3 Å². The van der Waals surface area contributed by atoms with Crippen molar-refractivity contribution in [2.24, 2.45) is 5.92 Å². The van der Waals surface area contributed by atoms with E-state index in [2.05, 4.69) is 5.48 Å². The maximum atomic E-state index is 4.87. The zero-order chi connectivity index (χ0) is 8.65. The van der Waals surface area contributed by atoms with E-state index in [4.69, 9.17) is 4.84 Å². The Morgan fingerprint density at radius 3 is 2.25 bits per heavy atom. The first-order chi connectivity index (χ1) is 5.93. The van der Waals surface area contributed by atoms with Crippen LogP contribution in [0.3, 0.4) is 0 Å². The van der Waals surface area contributed by atoms with Crippen molar-refractivity contribution in [3.63, 3.8) is 0 Å². The Morgan fingerprint density at radius 2 is 1.67 bits per heavy atom. The standard InChI is InChI=1S/C10H21NO/c1-12-11-9-10-7-5-3-2-4-6-8-10/h10-11H,2-9H2,1H3. The predicted octanol–water partition coefficient (Wildman–Crippen LogP) is 2.50. The Balaban J connectivity index is 2.11. The van der Waals surface area contributed by atoms with Crippen LogP contribution in [-0.2, 0) is 4.84 Å². The molecule has 0 aromatic carbocycles. The Kier molecular flexibility index (Phi) is 5.37. The smallest absolute Gasteiger partial charge is 0.0572 e. The van der Waals surface area contributed by atoms with Gasteiger partial charge in [-0.3, -0.25) is 0 Å². The molecule has 0 aliphatic heterocycles. The first-order valence-corrected chi connectivity index (χ1v) is 5.19. The Hall–Kier alpha value is -0.0800. The summed E-state index contributed by atoms with van der Waals surface area (Å²) < 4.78 is 0. The first-order valence-electron chi connectivity index (χ1n) is 5.19. The highest BCUT2D eigenvalue weighted by atomic mass is 16.6. The van der Waals surface area contributed by atoms with Crippen molar-refractivity contribution in [2.45, 2.75) is 44.9 Å². The molecule has 12 heavy (non-hydrogen) atoms. The van der Waals surface area contributed by atoms with Gasteiger partial charge in [-0.2, -0.15) is 0 Å². The van der Waals surface area contributed by atoms with Gasteiger partial charge in [0.1, 0.15) is 0 Å². The molecule has 0 atom stereocenters. The van der Waals surface area contributed by atoms with Crippen LogP contribution >= 0.6 is 0 Å². The molecule has 72 valence electrons. The molecule has 1 N–H and O–H groups in total. The number of hydrogen-bond acceptors (Lipinski definition) is 2. The summed E-state index contributed by atoms with van der Waals surface area (Å²) in [4.78, 5) is 4.87. The van der Waals surface area contributed by atoms with E-state index in [-0.39, 0.29) is 0 Å². The van der Waals surface area contributed by atoms with Gasteiger partial charge >= 0.3 is 0 Å². The summed E-state index contributed by atoms with van der Waals surface area (Å²) in [6.45, 7) is 1.04. The van der Waals surface area contributed by atoms with Crippen LogP contribution in [0.15, 0.2) is 0 Å². The predicted molar refractivity (Wildman–Crippen MR) is 50.8 cm³/mol. The Morgan fingerprint density at radius 1 is 1.08 bits per heavy atom. The fourth-order valence-corrected chi connectivity index (χ4v) is 1.95. The fourth-order valence-electron chi connectivity index (χ4n) is 1.95. The van der Waals surface area contributed by atoms with Crippen LogP contribution in [0.5, 0.6) is 0 Å². The molecule has 0 aromatic heterocycles. The van der Waals surface area contributed by atoms with E-state index in [0.717, 1.165) is 12.5 Å². The average molecular weight is 171 g/mol. The van der Waals surface area contributed by atoms with Crippen molar-refractivity contribution in [1.82, 2.24) is 5.48 Å². The fraction of sp³-hybridized carbons (Fsp3) is 1.00. The second kappa shape index (κ2) is 6.44. The third kappa shape index (κ3) is 4.07. The summed E-state index contributed by atoms with van der Waals surface area (Å²) in [5.41, 5.74) is 2.97.